The first-order chi connectivity index (χ1) is 9.75. The van der Waals surface area contributed by atoms with Crippen LogP contribution in [0.2, 0.25) is 5.28 Å². The molecule has 3 rings (SSSR count). The molecule has 3 aromatic rings. The van der Waals surface area contributed by atoms with Crippen LogP contribution in [-0.2, 0) is 6.42 Å². The van der Waals surface area contributed by atoms with E-state index in [1.807, 2.05) is 35.8 Å². The maximum absolute atomic E-state index is 6.14. The second-order valence-corrected chi connectivity index (χ2v) is 4.98. The quantitative estimate of drug-likeness (QED) is 0.731. The van der Waals surface area contributed by atoms with Gasteiger partial charge in [-0.3, -0.25) is 4.57 Å². The van der Waals surface area contributed by atoms with Crippen LogP contribution in [0.25, 0.3) is 5.69 Å². The maximum Gasteiger partial charge on any atom is 0.229 e. The minimum atomic E-state index is 0.392. The highest BCUT2D eigenvalue weighted by Gasteiger charge is 2.12. The van der Waals surface area contributed by atoms with Gasteiger partial charge in [0.05, 0.1) is 5.69 Å². The van der Waals surface area contributed by atoms with Gasteiger partial charge in [-0.25, -0.2) is 0 Å². The van der Waals surface area contributed by atoms with Gasteiger partial charge in [-0.05, 0) is 42.1 Å². The van der Waals surface area contributed by atoms with Gasteiger partial charge < -0.3 is 0 Å². The minimum Gasteiger partial charge on any atom is -0.270 e. The first kappa shape index (κ1) is 12.9. The molecule has 2 aromatic carbocycles. The van der Waals surface area contributed by atoms with Crippen LogP contribution in [0.3, 0.4) is 0 Å². The maximum atomic E-state index is 6.14. The summed E-state index contributed by atoms with van der Waals surface area (Å²) >= 11 is 6.14. The van der Waals surface area contributed by atoms with Crippen molar-refractivity contribution in [2.75, 3.05) is 0 Å². The molecule has 100 valence electrons. The van der Waals surface area contributed by atoms with Crippen molar-refractivity contribution in [3.8, 4) is 5.69 Å². The van der Waals surface area contributed by atoms with E-state index in [1.54, 1.807) is 0 Å². The summed E-state index contributed by atoms with van der Waals surface area (Å²) in [5, 5.41) is 8.33. The zero-order chi connectivity index (χ0) is 13.9. The molecule has 0 aliphatic heterocycles. The monoisotopic (exact) mass is 283 g/mol. The molecular formula is C16H14ClN3. The molecule has 0 saturated heterocycles. The Morgan fingerprint density at radius 2 is 1.65 bits per heavy atom. The summed E-state index contributed by atoms with van der Waals surface area (Å²) in [5.74, 6) is 0.788. The average molecular weight is 284 g/mol. The fourth-order valence-corrected chi connectivity index (χ4v) is 2.56. The fraction of sp³-hybridized carbons (Fsp3) is 0.125. The molecule has 0 spiro atoms. The Bertz CT molecular complexity index is 700. The summed E-state index contributed by atoms with van der Waals surface area (Å²) < 4.78 is 1.87. The van der Waals surface area contributed by atoms with E-state index >= 15 is 0 Å². The molecule has 0 atom stereocenters. The van der Waals surface area contributed by atoms with E-state index in [4.69, 9.17) is 11.6 Å². The molecule has 4 heteroatoms. The van der Waals surface area contributed by atoms with Crippen molar-refractivity contribution < 1.29 is 0 Å². The molecule has 0 radical (unpaired) electrons. The van der Waals surface area contributed by atoms with Crippen molar-refractivity contribution in [2.24, 2.45) is 0 Å². The lowest BCUT2D eigenvalue weighted by molar-refractivity contribution is 0.951. The number of hydrogen-bond donors (Lipinski definition) is 0. The van der Waals surface area contributed by atoms with Crippen LogP contribution in [0.5, 0.6) is 0 Å². The molecule has 0 N–H and O–H groups in total. The summed E-state index contributed by atoms with van der Waals surface area (Å²) in [4.78, 5) is 0. The second kappa shape index (κ2) is 5.47. The molecule has 3 nitrogen and oxygen atoms in total. The third-order valence-corrected chi connectivity index (χ3v) is 3.50. The van der Waals surface area contributed by atoms with Crippen molar-refractivity contribution in [1.82, 2.24) is 14.8 Å². The molecule has 0 bridgehead atoms. The van der Waals surface area contributed by atoms with E-state index in [2.05, 4.69) is 40.5 Å². The Balaban J connectivity index is 2.05. The lowest BCUT2D eigenvalue weighted by Gasteiger charge is -2.12. The number of rotatable bonds is 3. The van der Waals surface area contributed by atoms with Gasteiger partial charge in [0.25, 0.3) is 0 Å². The standard InChI is InChI=1S/C16H14ClN3/c1-12-18-19-16(17)20(12)15-10-6-5-9-14(15)11-13-7-3-2-4-8-13/h2-10H,11H2,1H3. The van der Waals surface area contributed by atoms with Crippen LogP contribution in [-0.4, -0.2) is 14.8 Å². The number of para-hydroxylation sites is 1. The van der Waals surface area contributed by atoms with Gasteiger partial charge in [0.15, 0.2) is 0 Å². The Labute approximate surface area is 122 Å². The lowest BCUT2D eigenvalue weighted by atomic mass is 10.0. The predicted octanol–water partition coefficient (Wildman–Crippen LogP) is 3.82. The number of aromatic nitrogens is 3. The van der Waals surface area contributed by atoms with E-state index in [1.165, 1.54) is 11.1 Å². The number of halogens is 1. The van der Waals surface area contributed by atoms with Gasteiger partial charge >= 0.3 is 0 Å². The van der Waals surface area contributed by atoms with Crippen molar-refractivity contribution in [3.63, 3.8) is 0 Å². The van der Waals surface area contributed by atoms with E-state index < -0.39 is 0 Å². The van der Waals surface area contributed by atoms with Gasteiger partial charge in [0.1, 0.15) is 5.82 Å². The molecular weight excluding hydrogens is 270 g/mol. The number of hydrogen-bond acceptors (Lipinski definition) is 2. The summed E-state index contributed by atoms with van der Waals surface area (Å²) in [6.07, 6.45) is 0.852. The van der Waals surface area contributed by atoms with Crippen LogP contribution in [0.4, 0.5) is 0 Å². The Morgan fingerprint density at radius 3 is 2.35 bits per heavy atom. The topological polar surface area (TPSA) is 30.7 Å². The van der Waals surface area contributed by atoms with Crippen LogP contribution >= 0.6 is 11.6 Å². The van der Waals surface area contributed by atoms with Crippen LogP contribution in [0.1, 0.15) is 17.0 Å². The molecule has 0 fully saturated rings. The van der Waals surface area contributed by atoms with E-state index in [0.29, 0.717) is 5.28 Å². The summed E-state index contributed by atoms with van der Waals surface area (Å²) in [7, 11) is 0. The number of benzene rings is 2. The molecule has 0 saturated carbocycles. The van der Waals surface area contributed by atoms with Crippen molar-refractivity contribution in [2.45, 2.75) is 13.3 Å². The highest BCUT2D eigenvalue weighted by molar-refractivity contribution is 6.28. The summed E-state index contributed by atoms with van der Waals surface area (Å²) in [6.45, 7) is 1.90. The smallest absolute Gasteiger partial charge is 0.229 e. The molecule has 1 aromatic heterocycles. The summed E-state index contributed by atoms with van der Waals surface area (Å²) in [5.41, 5.74) is 3.49. The van der Waals surface area contributed by atoms with Crippen LogP contribution in [0, 0.1) is 6.92 Å². The van der Waals surface area contributed by atoms with Crippen molar-refractivity contribution in [3.05, 3.63) is 76.8 Å². The molecule has 1 heterocycles. The summed E-state index contributed by atoms with van der Waals surface area (Å²) in [6, 6.07) is 18.6. The fourth-order valence-electron chi connectivity index (χ4n) is 2.30. The van der Waals surface area contributed by atoms with E-state index in [9.17, 15) is 0 Å². The Hall–Kier alpha value is -2.13. The van der Waals surface area contributed by atoms with Crippen LogP contribution in [0.15, 0.2) is 54.6 Å². The zero-order valence-electron chi connectivity index (χ0n) is 11.1. The van der Waals surface area contributed by atoms with Crippen molar-refractivity contribution >= 4 is 11.6 Å². The number of aryl methyl sites for hydroxylation is 1. The molecule has 0 unspecified atom stereocenters. The SMILES string of the molecule is Cc1nnc(Cl)n1-c1ccccc1Cc1ccccc1. The normalized spacial score (nSPS) is 10.7. The third kappa shape index (κ3) is 2.45. The first-order valence-corrected chi connectivity index (χ1v) is 6.83. The minimum absolute atomic E-state index is 0.392. The molecule has 0 amide bonds. The van der Waals surface area contributed by atoms with E-state index in [-0.39, 0.29) is 0 Å². The lowest BCUT2D eigenvalue weighted by Crippen LogP contribution is -2.02. The molecule has 0 aliphatic carbocycles. The Kier molecular flexibility index (Phi) is 3.52. The Morgan fingerprint density at radius 1 is 0.950 bits per heavy atom. The van der Waals surface area contributed by atoms with Gasteiger partial charge in [0.2, 0.25) is 5.28 Å². The van der Waals surface area contributed by atoms with Gasteiger partial charge in [0, 0.05) is 0 Å². The van der Waals surface area contributed by atoms with Crippen molar-refractivity contribution in [1.29, 1.82) is 0 Å². The van der Waals surface area contributed by atoms with Gasteiger partial charge in [-0.15, -0.1) is 10.2 Å². The number of nitrogens with zero attached hydrogens (tertiary/aromatic N) is 3. The zero-order valence-corrected chi connectivity index (χ0v) is 11.9. The highest BCUT2D eigenvalue weighted by atomic mass is 35.5. The third-order valence-electron chi connectivity index (χ3n) is 3.26. The average Bonchev–Trinajstić information content (AvgIpc) is 2.80. The first-order valence-electron chi connectivity index (χ1n) is 6.45. The molecule has 0 aliphatic rings. The predicted molar refractivity (Wildman–Crippen MR) is 80.4 cm³/mol. The second-order valence-electron chi connectivity index (χ2n) is 4.64. The molecule has 20 heavy (non-hydrogen) atoms. The van der Waals surface area contributed by atoms with E-state index in [0.717, 1.165) is 17.9 Å². The van der Waals surface area contributed by atoms with Gasteiger partial charge in [-0.2, -0.15) is 0 Å². The van der Waals surface area contributed by atoms with Crippen LogP contribution < -0.4 is 0 Å². The van der Waals surface area contributed by atoms with Gasteiger partial charge in [-0.1, -0.05) is 48.5 Å². The largest absolute Gasteiger partial charge is 0.270 e. The highest BCUT2D eigenvalue weighted by Crippen LogP contribution is 2.22.